The maximum absolute atomic E-state index is 13.1. The fraction of sp³-hybridized carbons (Fsp3) is 0.292. The molecule has 7 heteroatoms. The topological polar surface area (TPSA) is 99.4 Å². The van der Waals surface area contributed by atoms with Crippen LogP contribution in [0.15, 0.2) is 48.5 Å². The highest BCUT2D eigenvalue weighted by Gasteiger charge is 2.23. The molecule has 2 aromatic carbocycles. The van der Waals surface area contributed by atoms with Gasteiger partial charge in [0.15, 0.2) is 12.4 Å². The molecule has 0 bridgehead atoms. The van der Waals surface area contributed by atoms with E-state index in [1.54, 1.807) is 0 Å². The van der Waals surface area contributed by atoms with E-state index in [4.69, 9.17) is 9.72 Å². The van der Waals surface area contributed by atoms with Crippen molar-refractivity contribution in [2.45, 2.75) is 38.5 Å². The molecule has 158 valence electrons. The maximum Gasteiger partial charge on any atom is 0.339 e. The van der Waals surface area contributed by atoms with Gasteiger partial charge >= 0.3 is 5.97 Å². The molecule has 0 fully saturated rings. The molecule has 0 saturated heterocycles. The third-order valence-electron chi connectivity index (χ3n) is 5.61. The van der Waals surface area contributed by atoms with Crippen LogP contribution in [-0.4, -0.2) is 28.3 Å². The van der Waals surface area contributed by atoms with Crippen molar-refractivity contribution in [1.29, 1.82) is 0 Å². The summed E-state index contributed by atoms with van der Waals surface area (Å²) >= 11 is 0. The molecule has 0 unspecified atom stereocenters. The van der Waals surface area contributed by atoms with Gasteiger partial charge in [-0.05, 0) is 49.4 Å². The lowest BCUT2D eigenvalue weighted by molar-refractivity contribution is -0.384. The molecule has 1 aliphatic rings. The number of ketones is 1. The van der Waals surface area contributed by atoms with E-state index >= 15 is 0 Å². The number of nitro benzene ring substituents is 1. The number of fused-ring (bicyclic) bond motifs is 2. The number of ether oxygens (including phenoxy) is 1. The van der Waals surface area contributed by atoms with Gasteiger partial charge in [-0.1, -0.05) is 31.0 Å². The highest BCUT2D eigenvalue weighted by atomic mass is 16.6. The first-order valence-electron chi connectivity index (χ1n) is 10.4. The molecule has 3 aromatic rings. The van der Waals surface area contributed by atoms with Crippen LogP contribution in [0.2, 0.25) is 0 Å². The van der Waals surface area contributed by atoms with E-state index < -0.39 is 23.3 Å². The minimum Gasteiger partial charge on any atom is -0.454 e. The van der Waals surface area contributed by atoms with Crippen molar-refractivity contribution in [2.75, 3.05) is 6.61 Å². The Hall–Kier alpha value is -3.61. The number of Topliss-reactive ketones (excluding diaryl/α,β-unsaturated/α-hetero) is 1. The Morgan fingerprint density at radius 1 is 0.968 bits per heavy atom. The highest BCUT2D eigenvalue weighted by molar-refractivity contribution is 6.06. The molecule has 0 atom stereocenters. The number of aromatic nitrogens is 1. The summed E-state index contributed by atoms with van der Waals surface area (Å²) in [7, 11) is 0. The van der Waals surface area contributed by atoms with E-state index in [1.165, 1.54) is 24.3 Å². The van der Waals surface area contributed by atoms with Crippen LogP contribution in [0.5, 0.6) is 0 Å². The highest BCUT2D eigenvalue weighted by Crippen LogP contribution is 2.29. The quantitative estimate of drug-likeness (QED) is 0.254. The van der Waals surface area contributed by atoms with Gasteiger partial charge in [0, 0.05) is 28.8 Å². The van der Waals surface area contributed by atoms with Gasteiger partial charge < -0.3 is 4.74 Å². The van der Waals surface area contributed by atoms with Crippen LogP contribution in [0, 0.1) is 10.1 Å². The first-order valence-corrected chi connectivity index (χ1v) is 10.4. The third kappa shape index (κ3) is 4.45. The summed E-state index contributed by atoms with van der Waals surface area (Å²) in [6.07, 6.45) is 5.85. The predicted octanol–water partition coefficient (Wildman–Crippen LogP) is 4.84. The monoisotopic (exact) mass is 418 g/mol. The number of esters is 1. The zero-order chi connectivity index (χ0) is 21.8. The lowest BCUT2D eigenvalue weighted by Gasteiger charge is -2.18. The number of nitro groups is 1. The van der Waals surface area contributed by atoms with Crippen LogP contribution in [0.1, 0.15) is 57.7 Å². The second kappa shape index (κ2) is 9.04. The minimum atomic E-state index is -0.536. The first-order chi connectivity index (χ1) is 15.0. The molecule has 0 N–H and O–H groups in total. The van der Waals surface area contributed by atoms with E-state index in [0.29, 0.717) is 5.56 Å². The average molecular weight is 418 g/mol. The fourth-order valence-corrected chi connectivity index (χ4v) is 4.01. The molecule has 1 aliphatic carbocycles. The predicted molar refractivity (Wildman–Crippen MR) is 115 cm³/mol. The van der Waals surface area contributed by atoms with Gasteiger partial charge in [-0.25, -0.2) is 4.79 Å². The fourth-order valence-electron chi connectivity index (χ4n) is 4.01. The summed E-state index contributed by atoms with van der Waals surface area (Å²) in [6.45, 7) is -0.429. The molecule has 7 nitrogen and oxygen atoms in total. The molecule has 0 aliphatic heterocycles. The van der Waals surface area contributed by atoms with Crippen LogP contribution in [0.3, 0.4) is 0 Å². The van der Waals surface area contributed by atoms with E-state index in [0.717, 1.165) is 60.7 Å². The normalized spacial score (nSPS) is 13.7. The molecule has 1 aromatic heterocycles. The third-order valence-corrected chi connectivity index (χ3v) is 5.61. The van der Waals surface area contributed by atoms with Gasteiger partial charge in [0.1, 0.15) is 0 Å². The number of benzene rings is 2. The molecule has 0 saturated carbocycles. The van der Waals surface area contributed by atoms with Gasteiger partial charge in [0.2, 0.25) is 0 Å². The summed E-state index contributed by atoms with van der Waals surface area (Å²) in [6, 6.07) is 12.7. The van der Waals surface area contributed by atoms with Crippen LogP contribution < -0.4 is 0 Å². The van der Waals surface area contributed by atoms with Gasteiger partial charge in [-0.2, -0.15) is 0 Å². The lowest BCUT2D eigenvalue weighted by atomic mass is 9.91. The molecule has 0 amide bonds. The number of aryl methyl sites for hydroxylation is 1. The molecular formula is C24H22N2O5. The van der Waals surface area contributed by atoms with Crippen molar-refractivity contribution in [3.63, 3.8) is 0 Å². The Bertz CT molecular complexity index is 1150. The first kappa shape index (κ1) is 20.7. The van der Waals surface area contributed by atoms with Crippen LogP contribution in [0.25, 0.3) is 10.9 Å². The number of hydrogen-bond acceptors (Lipinski definition) is 6. The van der Waals surface area contributed by atoms with Gasteiger partial charge in [0.25, 0.3) is 5.69 Å². The zero-order valence-electron chi connectivity index (χ0n) is 17.0. The van der Waals surface area contributed by atoms with Crippen LogP contribution >= 0.6 is 0 Å². The Morgan fingerprint density at radius 2 is 1.68 bits per heavy atom. The van der Waals surface area contributed by atoms with Crippen molar-refractivity contribution < 1.29 is 19.2 Å². The number of carbonyl (C=O) groups excluding carboxylic acids is 2. The summed E-state index contributed by atoms with van der Waals surface area (Å²) in [5.74, 6) is -0.949. The number of nitrogens with zero attached hydrogens (tertiary/aromatic N) is 2. The Labute approximate surface area is 179 Å². The average Bonchev–Trinajstić information content (AvgIpc) is 2.77. The summed E-state index contributed by atoms with van der Waals surface area (Å²) in [5.41, 5.74) is 3.26. The van der Waals surface area contributed by atoms with Crippen molar-refractivity contribution in [1.82, 2.24) is 4.98 Å². The molecular weight excluding hydrogens is 396 g/mol. The molecule has 1 heterocycles. The Balaban J connectivity index is 1.60. The summed E-state index contributed by atoms with van der Waals surface area (Å²) < 4.78 is 5.42. The van der Waals surface area contributed by atoms with Crippen LogP contribution in [-0.2, 0) is 17.6 Å². The number of pyridine rings is 1. The van der Waals surface area contributed by atoms with E-state index in [2.05, 4.69) is 0 Å². The molecule has 4 rings (SSSR count). The van der Waals surface area contributed by atoms with E-state index in [1.807, 2.05) is 24.3 Å². The van der Waals surface area contributed by atoms with Crippen LogP contribution in [0.4, 0.5) is 5.69 Å². The molecule has 0 spiro atoms. The number of non-ortho nitro benzene ring substituents is 1. The van der Waals surface area contributed by atoms with E-state index in [9.17, 15) is 19.7 Å². The number of para-hydroxylation sites is 1. The van der Waals surface area contributed by atoms with Crippen molar-refractivity contribution in [3.05, 3.63) is 81.0 Å². The van der Waals surface area contributed by atoms with Crippen molar-refractivity contribution in [3.8, 4) is 0 Å². The van der Waals surface area contributed by atoms with Gasteiger partial charge in [-0.3, -0.25) is 19.9 Å². The summed E-state index contributed by atoms with van der Waals surface area (Å²) in [5, 5.41) is 11.5. The zero-order valence-corrected chi connectivity index (χ0v) is 17.0. The smallest absolute Gasteiger partial charge is 0.339 e. The lowest BCUT2D eigenvalue weighted by Crippen LogP contribution is -2.18. The Kier molecular flexibility index (Phi) is 6.02. The Morgan fingerprint density at radius 3 is 2.42 bits per heavy atom. The van der Waals surface area contributed by atoms with Gasteiger partial charge in [0.05, 0.1) is 16.0 Å². The number of carbonyl (C=O) groups is 2. The molecule has 31 heavy (non-hydrogen) atoms. The largest absolute Gasteiger partial charge is 0.454 e. The SMILES string of the molecule is O=C(COC(=O)c1c2c(nc3ccccc13)CCCCCC2)c1ccc([N+](=O)[O-])cc1. The van der Waals surface area contributed by atoms with Gasteiger partial charge in [-0.15, -0.1) is 0 Å². The van der Waals surface area contributed by atoms with Crippen molar-refractivity contribution >= 4 is 28.3 Å². The standard InChI is InChI=1S/C24H22N2O5/c27-22(16-11-13-17(14-12-16)26(29)30)15-31-24(28)23-18-7-3-1-2-4-9-20(18)25-21-10-6-5-8-19(21)23/h5-6,8,10-14H,1-4,7,9,15H2. The van der Waals surface area contributed by atoms with E-state index in [-0.39, 0.29) is 11.3 Å². The number of rotatable bonds is 5. The second-order valence-corrected chi connectivity index (χ2v) is 7.65. The minimum absolute atomic E-state index is 0.101. The summed E-state index contributed by atoms with van der Waals surface area (Å²) in [4.78, 5) is 40.6. The maximum atomic E-state index is 13.1. The molecule has 0 radical (unpaired) electrons. The van der Waals surface area contributed by atoms with Crippen molar-refractivity contribution in [2.24, 2.45) is 0 Å². The second-order valence-electron chi connectivity index (χ2n) is 7.65. The number of hydrogen-bond donors (Lipinski definition) is 0.